The second-order valence-corrected chi connectivity index (χ2v) is 4.10. The summed E-state index contributed by atoms with van der Waals surface area (Å²) in [6.45, 7) is 5.80. The Morgan fingerprint density at radius 2 is 2.18 bits per heavy atom. The Hall–Kier alpha value is -1.58. The zero-order chi connectivity index (χ0) is 12.7. The molecule has 0 aromatic carbocycles. The molecule has 1 aromatic heterocycles. The van der Waals surface area contributed by atoms with E-state index in [0.29, 0.717) is 17.9 Å². The molecule has 0 atom stereocenters. The van der Waals surface area contributed by atoms with E-state index >= 15 is 0 Å². The van der Waals surface area contributed by atoms with Crippen molar-refractivity contribution in [2.75, 3.05) is 0 Å². The summed E-state index contributed by atoms with van der Waals surface area (Å²) in [6.07, 6.45) is 3.63. The first kappa shape index (κ1) is 13.5. The van der Waals surface area contributed by atoms with Crippen molar-refractivity contribution in [2.24, 2.45) is 5.10 Å². The van der Waals surface area contributed by atoms with E-state index in [4.69, 9.17) is 4.42 Å². The van der Waals surface area contributed by atoms with Gasteiger partial charge in [0, 0.05) is 6.42 Å². The summed E-state index contributed by atoms with van der Waals surface area (Å²) in [6, 6.07) is 3.72. The third-order valence-electron chi connectivity index (χ3n) is 2.45. The van der Waals surface area contributed by atoms with E-state index in [0.717, 1.165) is 25.0 Å². The largest absolute Gasteiger partial charge is 0.460 e. The second-order valence-electron chi connectivity index (χ2n) is 4.10. The molecule has 1 aromatic rings. The van der Waals surface area contributed by atoms with E-state index in [9.17, 15) is 4.79 Å². The number of nitrogens with zero attached hydrogens (tertiary/aromatic N) is 1. The fourth-order valence-electron chi connectivity index (χ4n) is 1.42. The van der Waals surface area contributed by atoms with Crippen LogP contribution in [-0.2, 0) is 4.79 Å². The molecule has 0 aliphatic carbocycles. The van der Waals surface area contributed by atoms with Gasteiger partial charge in [0.1, 0.15) is 17.2 Å². The van der Waals surface area contributed by atoms with Crippen LogP contribution in [0.25, 0.3) is 0 Å². The summed E-state index contributed by atoms with van der Waals surface area (Å²) in [5, 5.41) is 4.01. The van der Waals surface area contributed by atoms with Crippen molar-refractivity contribution in [1.82, 2.24) is 5.43 Å². The summed E-state index contributed by atoms with van der Waals surface area (Å²) in [5.74, 6) is 1.49. The number of aryl methyl sites for hydroxylation is 1. The molecular weight excluding hydrogens is 216 g/mol. The first-order chi connectivity index (χ1) is 8.13. The normalized spacial score (nSPS) is 11.6. The van der Waals surface area contributed by atoms with Gasteiger partial charge >= 0.3 is 0 Å². The van der Waals surface area contributed by atoms with Crippen molar-refractivity contribution in [3.8, 4) is 0 Å². The van der Waals surface area contributed by atoms with Gasteiger partial charge in [-0.05, 0) is 32.4 Å². The van der Waals surface area contributed by atoms with Crippen LogP contribution in [0.15, 0.2) is 21.7 Å². The first-order valence-corrected chi connectivity index (χ1v) is 6.03. The number of carbonyl (C=O) groups excluding carboxylic acids is 1. The highest BCUT2D eigenvalue weighted by Crippen LogP contribution is 2.07. The lowest BCUT2D eigenvalue weighted by Crippen LogP contribution is -2.18. The number of furan rings is 1. The number of unbranched alkanes of at least 4 members (excludes halogenated alkanes) is 2. The Kier molecular flexibility index (Phi) is 5.46. The van der Waals surface area contributed by atoms with Crippen LogP contribution < -0.4 is 5.43 Å². The van der Waals surface area contributed by atoms with E-state index in [1.54, 1.807) is 0 Å². The van der Waals surface area contributed by atoms with Crippen LogP contribution in [0.3, 0.4) is 0 Å². The SMILES string of the molecule is CCCCCC(=O)N/N=C(\C)c1ccc(C)o1. The van der Waals surface area contributed by atoms with E-state index < -0.39 is 0 Å². The molecule has 0 bridgehead atoms. The van der Waals surface area contributed by atoms with Crippen molar-refractivity contribution < 1.29 is 9.21 Å². The molecule has 0 saturated carbocycles. The van der Waals surface area contributed by atoms with Crippen molar-refractivity contribution in [3.63, 3.8) is 0 Å². The van der Waals surface area contributed by atoms with Gasteiger partial charge in [-0.15, -0.1) is 0 Å². The maximum absolute atomic E-state index is 11.4. The highest BCUT2D eigenvalue weighted by molar-refractivity contribution is 5.96. The molecule has 0 saturated heterocycles. The topological polar surface area (TPSA) is 54.6 Å². The lowest BCUT2D eigenvalue weighted by atomic mass is 10.2. The maximum atomic E-state index is 11.4. The number of nitrogens with one attached hydrogen (secondary N) is 1. The Morgan fingerprint density at radius 1 is 1.41 bits per heavy atom. The van der Waals surface area contributed by atoms with Crippen LogP contribution in [0, 0.1) is 6.92 Å². The number of amides is 1. The third kappa shape index (κ3) is 4.85. The molecule has 1 rings (SSSR count). The highest BCUT2D eigenvalue weighted by Gasteiger charge is 2.04. The zero-order valence-electron chi connectivity index (χ0n) is 10.7. The molecule has 0 fully saturated rings. The molecule has 0 spiro atoms. The molecule has 0 radical (unpaired) electrons. The Balaban J connectivity index is 2.40. The van der Waals surface area contributed by atoms with Gasteiger partial charge < -0.3 is 4.42 Å². The minimum Gasteiger partial charge on any atom is -0.460 e. The van der Waals surface area contributed by atoms with Crippen molar-refractivity contribution in [1.29, 1.82) is 0 Å². The summed E-state index contributed by atoms with van der Waals surface area (Å²) < 4.78 is 5.39. The van der Waals surface area contributed by atoms with Gasteiger partial charge in [-0.3, -0.25) is 4.79 Å². The van der Waals surface area contributed by atoms with E-state index in [1.165, 1.54) is 0 Å². The summed E-state index contributed by atoms with van der Waals surface area (Å²) in [7, 11) is 0. The highest BCUT2D eigenvalue weighted by atomic mass is 16.3. The predicted octanol–water partition coefficient (Wildman–Crippen LogP) is 3.01. The minimum atomic E-state index is -0.0407. The molecule has 4 heteroatoms. The molecule has 1 N–H and O–H groups in total. The van der Waals surface area contributed by atoms with Crippen molar-refractivity contribution >= 4 is 11.6 Å². The minimum absolute atomic E-state index is 0.0407. The van der Waals surface area contributed by atoms with Crippen LogP contribution >= 0.6 is 0 Å². The van der Waals surface area contributed by atoms with E-state index in [2.05, 4.69) is 17.5 Å². The second kappa shape index (κ2) is 6.89. The fourth-order valence-corrected chi connectivity index (χ4v) is 1.42. The van der Waals surface area contributed by atoms with Gasteiger partial charge in [0.2, 0.25) is 5.91 Å². The number of carbonyl (C=O) groups is 1. The number of hydrazone groups is 1. The average Bonchev–Trinajstić information content (AvgIpc) is 2.73. The predicted molar refractivity (Wildman–Crippen MR) is 67.9 cm³/mol. The van der Waals surface area contributed by atoms with Gasteiger partial charge in [0.05, 0.1) is 0 Å². The molecule has 94 valence electrons. The van der Waals surface area contributed by atoms with Crippen LogP contribution in [-0.4, -0.2) is 11.6 Å². The van der Waals surface area contributed by atoms with Crippen LogP contribution in [0.5, 0.6) is 0 Å². The summed E-state index contributed by atoms with van der Waals surface area (Å²) in [4.78, 5) is 11.4. The monoisotopic (exact) mass is 236 g/mol. The lowest BCUT2D eigenvalue weighted by Gasteiger charge is -2.00. The summed E-state index contributed by atoms with van der Waals surface area (Å²) >= 11 is 0. The van der Waals surface area contributed by atoms with Crippen LogP contribution in [0.2, 0.25) is 0 Å². The molecule has 1 amide bonds. The average molecular weight is 236 g/mol. The smallest absolute Gasteiger partial charge is 0.240 e. The molecule has 0 unspecified atom stereocenters. The Bertz CT molecular complexity index is 394. The van der Waals surface area contributed by atoms with Gasteiger partial charge in [-0.2, -0.15) is 5.10 Å². The first-order valence-electron chi connectivity index (χ1n) is 6.03. The van der Waals surface area contributed by atoms with Gasteiger partial charge in [-0.1, -0.05) is 19.8 Å². The van der Waals surface area contributed by atoms with Crippen molar-refractivity contribution in [3.05, 3.63) is 23.7 Å². The fraction of sp³-hybridized carbons (Fsp3) is 0.538. The van der Waals surface area contributed by atoms with Crippen molar-refractivity contribution in [2.45, 2.75) is 46.5 Å². The third-order valence-corrected chi connectivity index (χ3v) is 2.45. The molecule has 1 heterocycles. The Labute approximate surface area is 102 Å². The van der Waals surface area contributed by atoms with Gasteiger partial charge in [0.25, 0.3) is 0 Å². The van der Waals surface area contributed by atoms with Crippen LogP contribution in [0.1, 0.15) is 51.1 Å². The maximum Gasteiger partial charge on any atom is 0.240 e. The summed E-state index contributed by atoms with van der Waals surface area (Å²) in [5.41, 5.74) is 3.22. The standard InChI is InChI=1S/C13H20N2O2/c1-4-5-6-7-13(16)15-14-11(3)12-9-8-10(2)17-12/h8-9H,4-7H2,1-3H3,(H,15,16)/b14-11+. The van der Waals surface area contributed by atoms with E-state index in [1.807, 2.05) is 26.0 Å². The number of hydrogen-bond donors (Lipinski definition) is 1. The number of hydrogen-bond acceptors (Lipinski definition) is 3. The Morgan fingerprint density at radius 3 is 2.76 bits per heavy atom. The quantitative estimate of drug-likeness (QED) is 0.469. The van der Waals surface area contributed by atoms with Crippen LogP contribution in [0.4, 0.5) is 0 Å². The molecule has 4 nitrogen and oxygen atoms in total. The molecule has 17 heavy (non-hydrogen) atoms. The zero-order valence-corrected chi connectivity index (χ0v) is 10.7. The molecular formula is C13H20N2O2. The van der Waals surface area contributed by atoms with Gasteiger partial charge in [-0.25, -0.2) is 5.43 Å². The lowest BCUT2D eigenvalue weighted by molar-refractivity contribution is -0.121. The molecule has 0 aliphatic heterocycles. The molecule has 0 aliphatic rings. The number of rotatable bonds is 6. The van der Waals surface area contributed by atoms with Gasteiger partial charge in [0.15, 0.2) is 0 Å². The van der Waals surface area contributed by atoms with E-state index in [-0.39, 0.29) is 5.91 Å².